The van der Waals surface area contributed by atoms with Crippen LogP contribution in [0.15, 0.2) is 35.6 Å². The van der Waals surface area contributed by atoms with E-state index in [4.69, 9.17) is 26.6 Å². The zero-order valence-electron chi connectivity index (χ0n) is 15.9. The van der Waals surface area contributed by atoms with E-state index in [0.29, 0.717) is 22.7 Å². The van der Waals surface area contributed by atoms with E-state index in [1.807, 2.05) is 0 Å². The summed E-state index contributed by atoms with van der Waals surface area (Å²) in [4.78, 5) is 21.5. The lowest BCUT2D eigenvalue weighted by molar-refractivity contribution is -0.0756. The van der Waals surface area contributed by atoms with E-state index >= 15 is 0 Å². The van der Waals surface area contributed by atoms with Gasteiger partial charge in [0.05, 0.1) is 43.1 Å². The minimum Gasteiger partial charge on any atom is -0.494 e. The highest BCUT2D eigenvalue weighted by molar-refractivity contribution is 6.37. The molecule has 0 fully saturated rings. The average Bonchev–Trinajstić information content (AvgIpc) is 2.70. The number of aromatic nitrogens is 1. The van der Waals surface area contributed by atoms with Crippen LogP contribution in [0.5, 0.6) is 5.75 Å². The number of nitrogens with zero attached hydrogens (tertiary/aromatic N) is 3. The number of benzene rings is 1. The zero-order valence-corrected chi connectivity index (χ0v) is 16.7. The van der Waals surface area contributed by atoms with Gasteiger partial charge in [-0.25, -0.2) is 10.0 Å². The van der Waals surface area contributed by atoms with Crippen LogP contribution in [0.25, 0.3) is 0 Å². The Kier molecular flexibility index (Phi) is 7.30. The highest BCUT2D eigenvalue weighted by atomic mass is 35.5. The van der Waals surface area contributed by atoms with Crippen LogP contribution in [0.2, 0.25) is 5.15 Å². The molecule has 1 aromatic heterocycles. The number of amides is 1. The summed E-state index contributed by atoms with van der Waals surface area (Å²) in [5.74, 6) is 0.0136. The van der Waals surface area contributed by atoms with Crippen molar-refractivity contribution in [3.8, 4) is 5.75 Å². The molecule has 0 bridgehead atoms. The fourth-order valence-electron chi connectivity index (χ4n) is 2.37. The van der Waals surface area contributed by atoms with Gasteiger partial charge in [-0.15, -0.1) is 0 Å². The number of methoxy groups -OCH3 is 1. The van der Waals surface area contributed by atoms with E-state index in [0.717, 1.165) is 5.06 Å². The third-order valence-electron chi connectivity index (χ3n) is 3.76. The quantitative estimate of drug-likeness (QED) is 0.354. The Hall–Kier alpha value is -3.17. The highest BCUT2D eigenvalue weighted by Crippen LogP contribution is 2.33. The molecule has 0 spiro atoms. The van der Waals surface area contributed by atoms with E-state index in [-0.39, 0.29) is 16.4 Å². The van der Waals surface area contributed by atoms with Crippen LogP contribution in [0.4, 0.5) is 11.4 Å². The lowest BCUT2D eigenvalue weighted by atomic mass is 10.1. The van der Waals surface area contributed by atoms with Crippen LogP contribution < -0.4 is 15.5 Å². The topological polar surface area (TPSA) is 112 Å². The number of ether oxygens (including phenoxy) is 1. The smallest absolute Gasteiger partial charge is 0.280 e. The molecule has 1 aromatic carbocycles. The lowest BCUT2D eigenvalue weighted by Crippen LogP contribution is -2.26. The van der Waals surface area contributed by atoms with Gasteiger partial charge in [0.15, 0.2) is 5.75 Å². The van der Waals surface area contributed by atoms with Crippen molar-refractivity contribution in [2.75, 3.05) is 33.6 Å². The number of para-hydroxylation sites is 1. The molecule has 1 amide bonds. The molecule has 0 saturated heterocycles. The molecule has 2 aromatic rings. The molecular weight excluding hydrogens is 384 g/mol. The van der Waals surface area contributed by atoms with Crippen molar-refractivity contribution in [3.63, 3.8) is 0 Å². The molecule has 0 atom stereocenters. The van der Waals surface area contributed by atoms with Crippen LogP contribution >= 0.6 is 11.6 Å². The normalized spacial score (nSPS) is 10.6. The molecule has 0 radical (unpaired) electrons. The molecule has 148 valence electrons. The van der Waals surface area contributed by atoms with Gasteiger partial charge in [-0.3, -0.25) is 15.0 Å². The van der Waals surface area contributed by atoms with Gasteiger partial charge in [0.2, 0.25) is 0 Å². The van der Waals surface area contributed by atoms with Crippen molar-refractivity contribution < 1.29 is 14.4 Å². The van der Waals surface area contributed by atoms with Gasteiger partial charge >= 0.3 is 0 Å². The van der Waals surface area contributed by atoms with Crippen LogP contribution in [0, 0.1) is 5.41 Å². The Morgan fingerprint density at radius 2 is 2.07 bits per heavy atom. The standard InChI is InChI=1S/C18H21ClN6O3/c1-21-23-10-13(20)11-6-5-7-14(17(11)27-3)24-15-8-16(19)22-9-12(15)18(26)25(2)28-4/h5-10,20-21H,1-4H3,(H,22,24)/b20-13?,23-10-. The summed E-state index contributed by atoms with van der Waals surface area (Å²) >= 11 is 6.02. The first kappa shape index (κ1) is 21.1. The summed E-state index contributed by atoms with van der Waals surface area (Å²) in [5, 5.41) is 16.4. The summed E-state index contributed by atoms with van der Waals surface area (Å²) in [7, 11) is 6.02. The number of hydroxylamine groups is 2. The maximum Gasteiger partial charge on any atom is 0.280 e. The highest BCUT2D eigenvalue weighted by Gasteiger charge is 2.19. The third-order valence-corrected chi connectivity index (χ3v) is 3.97. The number of hydrazone groups is 1. The molecule has 0 aliphatic rings. The number of carbonyl (C=O) groups is 1. The van der Waals surface area contributed by atoms with Gasteiger partial charge in [-0.1, -0.05) is 17.7 Å². The van der Waals surface area contributed by atoms with E-state index in [1.165, 1.54) is 39.7 Å². The van der Waals surface area contributed by atoms with Gasteiger partial charge in [-0.2, -0.15) is 5.10 Å². The first-order valence-electron chi connectivity index (χ1n) is 8.13. The first-order chi connectivity index (χ1) is 13.4. The Labute approximate surface area is 167 Å². The Morgan fingerprint density at radius 3 is 2.71 bits per heavy atom. The van der Waals surface area contributed by atoms with Crippen molar-refractivity contribution >= 4 is 40.8 Å². The molecule has 10 heteroatoms. The average molecular weight is 405 g/mol. The maximum atomic E-state index is 12.5. The largest absolute Gasteiger partial charge is 0.494 e. The molecule has 0 unspecified atom stereocenters. The van der Waals surface area contributed by atoms with Gasteiger partial charge in [0.25, 0.3) is 5.91 Å². The number of hydrogen-bond donors (Lipinski definition) is 3. The molecule has 2 rings (SSSR count). The second-order valence-corrected chi connectivity index (χ2v) is 5.83. The van der Waals surface area contributed by atoms with Crippen LogP contribution in [0.1, 0.15) is 15.9 Å². The Balaban J connectivity index is 2.49. The first-order valence-corrected chi connectivity index (χ1v) is 8.51. The third kappa shape index (κ3) is 4.76. The minimum absolute atomic E-state index is 0.151. The summed E-state index contributed by atoms with van der Waals surface area (Å²) in [6, 6.07) is 6.78. The molecular formula is C18H21ClN6O3. The molecule has 0 aliphatic carbocycles. The summed E-state index contributed by atoms with van der Waals surface area (Å²) in [6.45, 7) is 0. The number of pyridine rings is 1. The van der Waals surface area contributed by atoms with E-state index in [1.54, 1.807) is 25.2 Å². The lowest BCUT2D eigenvalue weighted by Gasteiger charge is -2.19. The fourth-order valence-corrected chi connectivity index (χ4v) is 2.53. The van der Waals surface area contributed by atoms with Crippen molar-refractivity contribution in [1.29, 1.82) is 5.41 Å². The number of hydrogen-bond acceptors (Lipinski definition) is 8. The molecule has 0 saturated carbocycles. The predicted octanol–water partition coefficient (Wildman–Crippen LogP) is 2.69. The monoisotopic (exact) mass is 404 g/mol. The van der Waals surface area contributed by atoms with Crippen molar-refractivity contribution in [3.05, 3.63) is 46.7 Å². The predicted molar refractivity (Wildman–Crippen MR) is 109 cm³/mol. The maximum absolute atomic E-state index is 12.5. The van der Waals surface area contributed by atoms with Crippen molar-refractivity contribution in [2.45, 2.75) is 0 Å². The number of nitrogens with one attached hydrogen (secondary N) is 3. The van der Waals surface area contributed by atoms with Crippen molar-refractivity contribution in [1.82, 2.24) is 15.5 Å². The summed E-state index contributed by atoms with van der Waals surface area (Å²) < 4.78 is 5.49. The van der Waals surface area contributed by atoms with E-state index < -0.39 is 5.91 Å². The summed E-state index contributed by atoms with van der Waals surface area (Å²) in [5.41, 5.74) is 4.49. The number of anilines is 2. The van der Waals surface area contributed by atoms with E-state index in [9.17, 15) is 4.79 Å². The zero-order chi connectivity index (χ0) is 20.7. The second kappa shape index (κ2) is 9.67. The van der Waals surface area contributed by atoms with Crippen LogP contribution in [-0.4, -0.2) is 56.2 Å². The number of halogens is 1. The fraction of sp³-hybridized carbons (Fsp3) is 0.222. The van der Waals surface area contributed by atoms with E-state index in [2.05, 4.69) is 20.8 Å². The Morgan fingerprint density at radius 1 is 1.32 bits per heavy atom. The van der Waals surface area contributed by atoms with Crippen LogP contribution in [-0.2, 0) is 4.84 Å². The SMILES string of the molecule is CN/N=C\C(=N)c1cccc(Nc2cc(Cl)ncc2C(=O)N(C)OC)c1OC. The molecule has 0 aliphatic heterocycles. The summed E-state index contributed by atoms with van der Waals surface area (Å²) in [6.07, 6.45) is 2.73. The molecule has 1 heterocycles. The van der Waals surface area contributed by atoms with Gasteiger partial charge < -0.3 is 15.5 Å². The second-order valence-electron chi connectivity index (χ2n) is 5.44. The van der Waals surface area contributed by atoms with Gasteiger partial charge in [0.1, 0.15) is 5.15 Å². The van der Waals surface area contributed by atoms with Gasteiger partial charge in [-0.05, 0) is 18.2 Å². The minimum atomic E-state index is -0.404. The molecule has 3 N–H and O–H groups in total. The number of rotatable bonds is 8. The Bertz CT molecular complexity index is 903. The molecule has 9 nitrogen and oxygen atoms in total. The van der Waals surface area contributed by atoms with Gasteiger partial charge in [0, 0.05) is 25.9 Å². The number of carbonyl (C=O) groups excluding carboxylic acids is 1. The molecule has 28 heavy (non-hydrogen) atoms. The van der Waals surface area contributed by atoms with Crippen molar-refractivity contribution in [2.24, 2.45) is 5.10 Å². The van der Waals surface area contributed by atoms with Crippen LogP contribution in [0.3, 0.4) is 0 Å².